The van der Waals surface area contributed by atoms with Gasteiger partial charge in [-0.2, -0.15) is 9.37 Å². The zero-order valence-corrected chi connectivity index (χ0v) is 14.8. The molecule has 0 saturated heterocycles. The van der Waals surface area contributed by atoms with Gasteiger partial charge in [-0.25, -0.2) is 8.96 Å². The molecule has 0 bridgehead atoms. The molecular formula is C22H15F2N2O+. The molecule has 0 N–H and O–H groups in total. The number of rotatable bonds is 1. The Balaban J connectivity index is 2.05. The van der Waals surface area contributed by atoms with Gasteiger partial charge in [-0.1, -0.05) is 18.2 Å². The van der Waals surface area contributed by atoms with E-state index in [0.717, 1.165) is 16.8 Å². The summed E-state index contributed by atoms with van der Waals surface area (Å²) in [5.41, 5.74) is 2.88. The average Bonchev–Trinajstić information content (AvgIpc) is 3.03. The molecule has 2 aromatic carbocycles. The minimum atomic E-state index is -0.624. The van der Waals surface area contributed by atoms with E-state index < -0.39 is 11.8 Å². The lowest BCUT2D eigenvalue weighted by molar-refractivity contribution is -0.660. The molecule has 0 aliphatic carbocycles. The van der Waals surface area contributed by atoms with Crippen LogP contribution in [0.2, 0.25) is 0 Å². The zero-order chi connectivity index (χ0) is 18.7. The molecule has 0 spiro atoms. The molecule has 0 amide bonds. The minimum Gasteiger partial charge on any atom is -0.437 e. The summed E-state index contributed by atoms with van der Waals surface area (Å²) in [7, 11) is 1.92. The number of fused-ring (bicyclic) bond motifs is 5. The molecule has 0 unspecified atom stereocenters. The van der Waals surface area contributed by atoms with Crippen molar-refractivity contribution >= 4 is 32.8 Å². The normalized spacial score (nSPS) is 11.7. The van der Waals surface area contributed by atoms with Crippen LogP contribution in [0.1, 0.15) is 5.56 Å². The van der Waals surface area contributed by atoms with Crippen LogP contribution in [0.4, 0.5) is 8.78 Å². The first-order valence-corrected chi connectivity index (χ1v) is 8.61. The summed E-state index contributed by atoms with van der Waals surface area (Å²) in [6, 6.07) is 14.2. The molecule has 0 aliphatic heterocycles. The molecule has 0 aliphatic rings. The maximum Gasteiger partial charge on any atom is 0.230 e. The molecule has 132 valence electrons. The lowest BCUT2D eigenvalue weighted by Gasteiger charge is -2.06. The zero-order valence-electron chi connectivity index (χ0n) is 14.8. The van der Waals surface area contributed by atoms with E-state index in [1.807, 2.05) is 42.9 Å². The van der Waals surface area contributed by atoms with Gasteiger partial charge in [-0.3, -0.25) is 0 Å². The number of hydrogen-bond acceptors (Lipinski definition) is 2. The summed E-state index contributed by atoms with van der Waals surface area (Å²) in [4.78, 5) is 3.96. The van der Waals surface area contributed by atoms with E-state index in [9.17, 15) is 4.39 Å². The van der Waals surface area contributed by atoms with Crippen molar-refractivity contribution in [1.82, 2.24) is 4.98 Å². The first-order chi connectivity index (χ1) is 13.1. The summed E-state index contributed by atoms with van der Waals surface area (Å²) in [5.74, 6) is -1.02. The predicted molar refractivity (Wildman–Crippen MR) is 100 cm³/mol. The quantitative estimate of drug-likeness (QED) is 0.303. The Kier molecular flexibility index (Phi) is 3.28. The summed E-state index contributed by atoms with van der Waals surface area (Å²) in [5, 5.41) is 1.77. The molecule has 0 fully saturated rings. The number of aryl methyl sites for hydroxylation is 2. The van der Waals surface area contributed by atoms with E-state index in [4.69, 9.17) is 4.42 Å². The van der Waals surface area contributed by atoms with Gasteiger partial charge in [0.1, 0.15) is 12.9 Å². The SMILES string of the molecule is Cc1cc(F)c2c(oc3nc(F)c4ccccc4c32)c1-c1cccc[n+]1C. The number of pyridine rings is 2. The van der Waals surface area contributed by atoms with Crippen LogP contribution >= 0.6 is 0 Å². The van der Waals surface area contributed by atoms with Crippen molar-refractivity contribution in [2.75, 3.05) is 0 Å². The number of halogens is 2. The van der Waals surface area contributed by atoms with E-state index >= 15 is 4.39 Å². The number of hydrogen-bond donors (Lipinski definition) is 0. The lowest BCUT2D eigenvalue weighted by atomic mass is 9.99. The second kappa shape index (κ2) is 5.58. The van der Waals surface area contributed by atoms with Crippen LogP contribution in [-0.2, 0) is 7.05 Å². The number of aromatic nitrogens is 2. The van der Waals surface area contributed by atoms with Crippen molar-refractivity contribution in [2.24, 2.45) is 7.05 Å². The highest BCUT2D eigenvalue weighted by molar-refractivity contribution is 6.19. The van der Waals surface area contributed by atoms with Crippen LogP contribution in [-0.4, -0.2) is 4.98 Å². The summed E-state index contributed by atoms with van der Waals surface area (Å²) < 4.78 is 37.4. The first-order valence-electron chi connectivity index (χ1n) is 8.61. The molecule has 5 aromatic rings. The molecule has 3 heterocycles. The van der Waals surface area contributed by atoms with E-state index in [0.29, 0.717) is 27.1 Å². The van der Waals surface area contributed by atoms with Crippen molar-refractivity contribution < 1.29 is 17.8 Å². The van der Waals surface area contributed by atoms with E-state index in [2.05, 4.69) is 4.98 Å². The lowest BCUT2D eigenvalue weighted by Crippen LogP contribution is -2.30. The van der Waals surface area contributed by atoms with Crippen molar-refractivity contribution in [3.63, 3.8) is 0 Å². The predicted octanol–water partition coefficient (Wildman–Crippen LogP) is 5.21. The van der Waals surface area contributed by atoms with Crippen LogP contribution in [0.25, 0.3) is 44.1 Å². The third-order valence-corrected chi connectivity index (χ3v) is 5.02. The van der Waals surface area contributed by atoms with Gasteiger partial charge in [0.2, 0.25) is 17.4 Å². The average molecular weight is 361 g/mol. The summed E-state index contributed by atoms with van der Waals surface area (Å²) in [6.45, 7) is 1.84. The molecule has 0 radical (unpaired) electrons. The van der Waals surface area contributed by atoms with Gasteiger partial charge in [0.05, 0.1) is 16.3 Å². The Labute approximate surface area is 153 Å². The van der Waals surface area contributed by atoms with Gasteiger partial charge in [0.25, 0.3) is 0 Å². The summed E-state index contributed by atoms with van der Waals surface area (Å²) in [6.07, 6.45) is 1.92. The first kappa shape index (κ1) is 15.9. The topological polar surface area (TPSA) is 29.9 Å². The van der Waals surface area contributed by atoms with E-state index in [-0.39, 0.29) is 5.71 Å². The smallest absolute Gasteiger partial charge is 0.230 e. The van der Waals surface area contributed by atoms with E-state index in [1.54, 1.807) is 24.3 Å². The van der Waals surface area contributed by atoms with Crippen LogP contribution in [0.5, 0.6) is 0 Å². The van der Waals surface area contributed by atoms with Gasteiger partial charge >= 0.3 is 0 Å². The Hall–Kier alpha value is -3.34. The Bertz CT molecular complexity index is 1370. The highest BCUT2D eigenvalue weighted by Gasteiger charge is 2.25. The number of furan rings is 1. The third-order valence-electron chi connectivity index (χ3n) is 5.02. The molecule has 5 rings (SSSR count). The molecule has 27 heavy (non-hydrogen) atoms. The van der Waals surface area contributed by atoms with Gasteiger partial charge in [0.15, 0.2) is 11.8 Å². The van der Waals surface area contributed by atoms with Crippen LogP contribution in [0.3, 0.4) is 0 Å². The Morgan fingerprint density at radius 2 is 1.70 bits per heavy atom. The van der Waals surface area contributed by atoms with Crippen molar-refractivity contribution in [2.45, 2.75) is 6.92 Å². The number of benzene rings is 2. The Morgan fingerprint density at radius 3 is 2.48 bits per heavy atom. The van der Waals surface area contributed by atoms with Gasteiger partial charge in [0, 0.05) is 17.5 Å². The number of nitrogens with zero attached hydrogens (tertiary/aromatic N) is 2. The second-order valence-corrected chi connectivity index (χ2v) is 6.68. The largest absolute Gasteiger partial charge is 0.437 e. The maximum absolute atomic E-state index is 15.0. The van der Waals surface area contributed by atoms with Crippen LogP contribution < -0.4 is 4.57 Å². The fourth-order valence-electron chi connectivity index (χ4n) is 3.80. The summed E-state index contributed by atoms with van der Waals surface area (Å²) >= 11 is 0. The minimum absolute atomic E-state index is 0.102. The molecule has 5 heteroatoms. The highest BCUT2D eigenvalue weighted by Crippen LogP contribution is 2.40. The maximum atomic E-state index is 15.0. The molecule has 0 atom stereocenters. The van der Waals surface area contributed by atoms with Gasteiger partial charge in [-0.05, 0) is 36.1 Å². The van der Waals surface area contributed by atoms with Crippen molar-refractivity contribution in [1.29, 1.82) is 0 Å². The standard InChI is InChI=1S/C22H15F2N2O/c1-12-11-15(23)19-18-13-7-3-4-8-14(13)21(24)25-22(18)27-20(19)17(12)16-9-5-6-10-26(16)2/h3-11H,1-2H3/q+1. The monoisotopic (exact) mass is 361 g/mol. The molecule has 0 saturated carbocycles. The van der Waals surface area contributed by atoms with Crippen LogP contribution in [0, 0.1) is 18.7 Å². The molecule has 3 aromatic heterocycles. The Morgan fingerprint density at radius 1 is 0.963 bits per heavy atom. The fraction of sp³-hybridized carbons (Fsp3) is 0.0909. The second-order valence-electron chi connectivity index (χ2n) is 6.68. The van der Waals surface area contributed by atoms with E-state index in [1.165, 1.54) is 6.07 Å². The van der Waals surface area contributed by atoms with Gasteiger partial charge in [-0.15, -0.1) is 0 Å². The van der Waals surface area contributed by atoms with Gasteiger partial charge < -0.3 is 4.42 Å². The van der Waals surface area contributed by atoms with Crippen LogP contribution in [0.15, 0.2) is 59.1 Å². The highest BCUT2D eigenvalue weighted by atomic mass is 19.1. The molecule has 3 nitrogen and oxygen atoms in total. The van der Waals surface area contributed by atoms with Crippen molar-refractivity contribution in [3.05, 3.63) is 72.1 Å². The third kappa shape index (κ3) is 2.18. The van der Waals surface area contributed by atoms with Crippen molar-refractivity contribution in [3.8, 4) is 11.3 Å². The molecular weight excluding hydrogens is 346 g/mol. The fourth-order valence-corrected chi connectivity index (χ4v) is 3.80.